The average molecular weight is 307 g/mol. The van der Waals surface area contributed by atoms with Crippen LogP contribution in [0.2, 0.25) is 0 Å². The van der Waals surface area contributed by atoms with E-state index in [1.165, 1.54) is 19.3 Å². The monoisotopic (exact) mass is 307 g/mol. The van der Waals surface area contributed by atoms with E-state index >= 15 is 0 Å². The fourth-order valence-corrected chi connectivity index (χ4v) is 2.21. The molecular weight excluding hydrogens is 278 g/mol. The van der Waals surface area contributed by atoms with Crippen molar-refractivity contribution in [2.75, 3.05) is 32.2 Å². The number of carbonyl (C=O) groups excluding carboxylic acids is 1. The molecule has 1 aromatic rings. The molecule has 0 spiro atoms. The Morgan fingerprint density at radius 2 is 1.77 bits per heavy atom. The molecule has 0 aliphatic heterocycles. The number of rotatable bonds is 11. The van der Waals surface area contributed by atoms with Gasteiger partial charge in [-0.25, -0.2) is 0 Å². The summed E-state index contributed by atoms with van der Waals surface area (Å²) in [6.07, 6.45) is 6.28. The first-order valence-electron chi connectivity index (χ1n) is 8.18. The van der Waals surface area contributed by atoms with E-state index in [9.17, 15) is 4.79 Å². The number of carbonyl (C=O) groups is 1. The summed E-state index contributed by atoms with van der Waals surface area (Å²) < 4.78 is 10.4. The largest absolute Gasteiger partial charge is 0.497 e. The summed E-state index contributed by atoms with van der Waals surface area (Å²) >= 11 is 0. The van der Waals surface area contributed by atoms with Crippen LogP contribution in [0.1, 0.15) is 45.4 Å². The zero-order chi connectivity index (χ0) is 16.2. The third-order valence-electron chi connectivity index (χ3n) is 3.69. The van der Waals surface area contributed by atoms with E-state index in [1.807, 2.05) is 31.3 Å². The second-order valence-corrected chi connectivity index (χ2v) is 5.50. The minimum Gasteiger partial charge on any atom is -0.497 e. The highest BCUT2D eigenvalue weighted by atomic mass is 16.5. The van der Waals surface area contributed by atoms with Crippen LogP contribution in [0, 0.1) is 0 Å². The number of anilines is 1. The Morgan fingerprint density at radius 1 is 1.09 bits per heavy atom. The van der Waals surface area contributed by atoms with E-state index in [-0.39, 0.29) is 5.97 Å². The smallest absolute Gasteiger partial charge is 0.305 e. The van der Waals surface area contributed by atoms with Gasteiger partial charge in [0.15, 0.2) is 0 Å². The summed E-state index contributed by atoms with van der Waals surface area (Å²) in [6, 6.07) is 7.84. The zero-order valence-electron chi connectivity index (χ0n) is 14.1. The van der Waals surface area contributed by atoms with Crippen molar-refractivity contribution in [3.63, 3.8) is 0 Å². The lowest BCUT2D eigenvalue weighted by molar-refractivity contribution is -0.143. The van der Waals surface area contributed by atoms with Crippen LogP contribution in [0.25, 0.3) is 0 Å². The van der Waals surface area contributed by atoms with Gasteiger partial charge in [0, 0.05) is 19.2 Å². The Morgan fingerprint density at radius 3 is 2.41 bits per heavy atom. The number of likely N-dealkylation sites (N-methyl/N-ethyl adjacent to an activating group) is 1. The number of methoxy groups -OCH3 is 1. The molecule has 0 bridgehead atoms. The Balaban J connectivity index is 2.15. The van der Waals surface area contributed by atoms with E-state index < -0.39 is 0 Å². The van der Waals surface area contributed by atoms with Crippen molar-refractivity contribution in [2.45, 2.75) is 45.4 Å². The number of unbranched alkanes of at least 4 members (excludes halogenated alkanes) is 4. The van der Waals surface area contributed by atoms with Crippen molar-refractivity contribution in [3.8, 4) is 5.75 Å². The third kappa shape index (κ3) is 7.34. The number of hydrogen-bond donors (Lipinski definition) is 0. The molecule has 124 valence electrons. The zero-order valence-corrected chi connectivity index (χ0v) is 14.1. The maximum absolute atomic E-state index is 11.6. The molecule has 0 fully saturated rings. The molecule has 4 heteroatoms. The highest BCUT2D eigenvalue weighted by molar-refractivity contribution is 5.69. The normalized spacial score (nSPS) is 10.3. The summed E-state index contributed by atoms with van der Waals surface area (Å²) in [5.74, 6) is 0.756. The van der Waals surface area contributed by atoms with E-state index in [0.29, 0.717) is 19.6 Å². The molecule has 0 saturated carbocycles. The van der Waals surface area contributed by atoms with Gasteiger partial charge in [-0.1, -0.05) is 32.6 Å². The molecular formula is C18H29NO3. The minimum atomic E-state index is -0.0837. The van der Waals surface area contributed by atoms with E-state index in [0.717, 1.165) is 24.3 Å². The third-order valence-corrected chi connectivity index (χ3v) is 3.69. The second kappa shape index (κ2) is 10.9. The van der Waals surface area contributed by atoms with E-state index in [1.54, 1.807) is 7.11 Å². The second-order valence-electron chi connectivity index (χ2n) is 5.50. The fraction of sp³-hybridized carbons (Fsp3) is 0.611. The summed E-state index contributed by atoms with van der Waals surface area (Å²) in [5, 5.41) is 0. The quantitative estimate of drug-likeness (QED) is 0.457. The molecule has 0 N–H and O–H groups in total. The Labute approximate surface area is 134 Å². The SMILES string of the molecule is CCCCCCCC(=O)OCCN(C)c1ccc(OC)cc1. The van der Waals surface area contributed by atoms with Gasteiger partial charge < -0.3 is 14.4 Å². The van der Waals surface area contributed by atoms with Crippen molar-refractivity contribution in [1.29, 1.82) is 0 Å². The van der Waals surface area contributed by atoms with Crippen LogP contribution >= 0.6 is 0 Å². The topological polar surface area (TPSA) is 38.8 Å². The highest BCUT2D eigenvalue weighted by Gasteiger charge is 2.05. The Bertz CT molecular complexity index is 417. The van der Waals surface area contributed by atoms with E-state index in [4.69, 9.17) is 9.47 Å². The average Bonchev–Trinajstić information content (AvgIpc) is 2.54. The van der Waals surface area contributed by atoms with Crippen molar-refractivity contribution >= 4 is 11.7 Å². The number of nitrogens with zero attached hydrogens (tertiary/aromatic N) is 1. The van der Waals surface area contributed by atoms with Gasteiger partial charge in [0.1, 0.15) is 12.4 Å². The lowest BCUT2D eigenvalue weighted by Crippen LogP contribution is -2.23. The minimum absolute atomic E-state index is 0.0837. The maximum atomic E-state index is 11.6. The van der Waals surface area contributed by atoms with Crippen LogP contribution in [-0.2, 0) is 9.53 Å². The molecule has 0 radical (unpaired) electrons. The first-order chi connectivity index (χ1) is 10.7. The van der Waals surface area contributed by atoms with Crippen molar-refractivity contribution in [1.82, 2.24) is 0 Å². The number of esters is 1. The van der Waals surface area contributed by atoms with Gasteiger partial charge in [-0.05, 0) is 30.7 Å². The van der Waals surface area contributed by atoms with Gasteiger partial charge in [0.2, 0.25) is 0 Å². The van der Waals surface area contributed by atoms with Gasteiger partial charge in [0.05, 0.1) is 13.7 Å². The Kier molecular flexibility index (Phi) is 9.12. The van der Waals surface area contributed by atoms with Crippen LogP contribution in [0.5, 0.6) is 5.75 Å². The predicted octanol–water partition coefficient (Wildman–Crippen LogP) is 4.04. The molecule has 1 aromatic carbocycles. The molecule has 0 heterocycles. The lowest BCUT2D eigenvalue weighted by Gasteiger charge is -2.19. The van der Waals surface area contributed by atoms with Crippen molar-refractivity contribution < 1.29 is 14.3 Å². The van der Waals surface area contributed by atoms with Gasteiger partial charge in [-0.3, -0.25) is 4.79 Å². The predicted molar refractivity (Wildman–Crippen MR) is 90.6 cm³/mol. The van der Waals surface area contributed by atoms with Crippen LogP contribution in [0.15, 0.2) is 24.3 Å². The van der Waals surface area contributed by atoms with Crippen molar-refractivity contribution in [3.05, 3.63) is 24.3 Å². The molecule has 0 atom stereocenters. The lowest BCUT2D eigenvalue weighted by atomic mass is 10.1. The number of benzene rings is 1. The molecule has 0 saturated heterocycles. The van der Waals surface area contributed by atoms with Crippen molar-refractivity contribution in [2.24, 2.45) is 0 Å². The summed E-state index contributed by atoms with van der Waals surface area (Å²) in [6.45, 7) is 3.30. The standard InChI is InChI=1S/C18H29NO3/c1-4-5-6-7-8-9-18(20)22-15-14-19(2)16-10-12-17(21-3)13-11-16/h10-13H,4-9,14-15H2,1-3H3. The molecule has 22 heavy (non-hydrogen) atoms. The van der Waals surface area contributed by atoms with Gasteiger partial charge >= 0.3 is 5.97 Å². The van der Waals surface area contributed by atoms with E-state index in [2.05, 4.69) is 11.8 Å². The van der Waals surface area contributed by atoms with Crippen LogP contribution < -0.4 is 9.64 Å². The number of ether oxygens (including phenoxy) is 2. The van der Waals surface area contributed by atoms with Crippen LogP contribution in [0.4, 0.5) is 5.69 Å². The summed E-state index contributed by atoms with van der Waals surface area (Å²) in [5.41, 5.74) is 1.08. The molecule has 0 aliphatic rings. The summed E-state index contributed by atoms with van der Waals surface area (Å²) in [4.78, 5) is 13.7. The highest BCUT2D eigenvalue weighted by Crippen LogP contribution is 2.17. The van der Waals surface area contributed by atoms with Gasteiger partial charge in [-0.15, -0.1) is 0 Å². The van der Waals surface area contributed by atoms with Gasteiger partial charge in [0.25, 0.3) is 0 Å². The Hall–Kier alpha value is -1.71. The van der Waals surface area contributed by atoms with Crippen LogP contribution in [0.3, 0.4) is 0 Å². The molecule has 0 unspecified atom stereocenters. The molecule has 0 amide bonds. The molecule has 0 aromatic heterocycles. The fourth-order valence-electron chi connectivity index (χ4n) is 2.21. The molecule has 0 aliphatic carbocycles. The van der Waals surface area contributed by atoms with Gasteiger partial charge in [-0.2, -0.15) is 0 Å². The summed E-state index contributed by atoms with van der Waals surface area (Å²) in [7, 11) is 3.64. The van der Waals surface area contributed by atoms with Crippen LogP contribution in [-0.4, -0.2) is 33.3 Å². The first-order valence-corrected chi connectivity index (χ1v) is 8.18. The maximum Gasteiger partial charge on any atom is 0.305 e. The number of hydrogen-bond acceptors (Lipinski definition) is 4. The first kappa shape index (κ1) is 18.3. The molecule has 1 rings (SSSR count). The molecule has 4 nitrogen and oxygen atoms in total.